The van der Waals surface area contributed by atoms with Crippen molar-refractivity contribution in [2.24, 2.45) is 0 Å². The lowest BCUT2D eigenvalue weighted by molar-refractivity contribution is -0.758. The summed E-state index contributed by atoms with van der Waals surface area (Å²) in [5, 5.41) is 30.0. The van der Waals surface area contributed by atoms with Gasteiger partial charge in [0.1, 0.15) is 24.5 Å². The average Bonchev–Trinajstić information content (AvgIpc) is 2.78. The number of hydrogen-bond donors (Lipinski definition) is 0. The van der Waals surface area contributed by atoms with Crippen molar-refractivity contribution in [1.29, 1.82) is 0 Å². The van der Waals surface area contributed by atoms with Gasteiger partial charge in [-0.2, -0.15) is 0 Å². The predicted molar refractivity (Wildman–Crippen MR) is 111 cm³/mol. The van der Waals surface area contributed by atoms with Crippen LogP contribution in [0.3, 0.4) is 0 Å². The third-order valence-electron chi connectivity index (χ3n) is 4.45. The highest BCUT2D eigenvalue weighted by molar-refractivity contribution is 5.94. The fraction of sp³-hybridized carbons (Fsp3) is 0.333. The molecule has 0 radical (unpaired) electrons. The summed E-state index contributed by atoms with van der Waals surface area (Å²) in [6, 6.07) is 7.36. The van der Waals surface area contributed by atoms with Crippen molar-refractivity contribution in [3.63, 3.8) is 0 Å². The number of nitro groups is 1. The Balaban J connectivity index is 2.44. The van der Waals surface area contributed by atoms with Crippen molar-refractivity contribution < 1.29 is 34.3 Å². The van der Waals surface area contributed by atoms with E-state index in [2.05, 4.69) is 9.68 Å². The molecule has 182 valence electrons. The summed E-state index contributed by atoms with van der Waals surface area (Å²) in [6.07, 6.45) is 0.960. The molecule has 0 saturated heterocycles. The third-order valence-corrected chi connectivity index (χ3v) is 4.45. The second kappa shape index (κ2) is 11.7. The number of pyridine rings is 1. The molecule has 0 atom stereocenters. The quantitative estimate of drug-likeness (QED) is 0.287. The number of methoxy groups -OCH3 is 1. The summed E-state index contributed by atoms with van der Waals surface area (Å²) in [5.74, 6) is -0.648. The number of nitrogens with zero attached hydrogens (tertiary/aromatic N) is 5. The summed E-state index contributed by atoms with van der Waals surface area (Å²) in [6.45, 7) is -2.28. The largest absolute Gasteiger partial charge is 0.496 e. The van der Waals surface area contributed by atoms with E-state index >= 15 is 0 Å². The standard InChI is InChI=1S/C18H19N5O11/c1-32-16-5-3-2-4-13(16)11-20-12-14(21(26)27)10-15(18(20)25)17(24)19(6-8-33-22(28)29)7-9-34-23(30)31/h2-5,10,12H,6-9,11H2,1H3. The van der Waals surface area contributed by atoms with Gasteiger partial charge >= 0.3 is 0 Å². The van der Waals surface area contributed by atoms with E-state index in [1.807, 2.05) is 0 Å². The zero-order valence-corrected chi connectivity index (χ0v) is 17.7. The van der Waals surface area contributed by atoms with E-state index in [9.17, 15) is 39.9 Å². The lowest BCUT2D eigenvalue weighted by Gasteiger charge is -2.22. The lowest BCUT2D eigenvalue weighted by Crippen LogP contribution is -2.41. The van der Waals surface area contributed by atoms with Gasteiger partial charge in [0.15, 0.2) is 0 Å². The third kappa shape index (κ3) is 6.87. The van der Waals surface area contributed by atoms with Crippen LogP contribution in [0.1, 0.15) is 15.9 Å². The topological polar surface area (TPSA) is 199 Å². The number of benzene rings is 1. The normalized spacial score (nSPS) is 10.3. The molecule has 1 aromatic heterocycles. The number of ether oxygens (including phenoxy) is 1. The summed E-state index contributed by atoms with van der Waals surface area (Å²) in [5.41, 5.74) is -1.58. The highest BCUT2D eigenvalue weighted by Gasteiger charge is 2.24. The van der Waals surface area contributed by atoms with Crippen molar-refractivity contribution in [2.75, 3.05) is 33.4 Å². The van der Waals surface area contributed by atoms with E-state index < -0.39 is 64.1 Å². The van der Waals surface area contributed by atoms with Crippen LogP contribution in [0.25, 0.3) is 0 Å². The van der Waals surface area contributed by atoms with Gasteiger partial charge in [-0.1, -0.05) is 18.2 Å². The Morgan fingerprint density at radius 2 is 1.62 bits per heavy atom. The van der Waals surface area contributed by atoms with E-state index in [-0.39, 0.29) is 6.54 Å². The van der Waals surface area contributed by atoms with E-state index in [4.69, 9.17) is 4.74 Å². The summed E-state index contributed by atoms with van der Waals surface area (Å²) < 4.78 is 6.16. The first-order valence-corrected chi connectivity index (χ1v) is 9.48. The Morgan fingerprint density at radius 3 is 2.15 bits per heavy atom. The van der Waals surface area contributed by atoms with Crippen LogP contribution in [0.5, 0.6) is 5.75 Å². The molecule has 0 aliphatic heterocycles. The van der Waals surface area contributed by atoms with E-state index in [1.165, 1.54) is 7.11 Å². The number of carbonyl (C=O) groups is 1. The highest BCUT2D eigenvalue weighted by atomic mass is 17.0. The maximum absolute atomic E-state index is 13.0. The minimum absolute atomic E-state index is 0.167. The number of carbonyl (C=O) groups excluding carboxylic acids is 1. The molecule has 0 aliphatic rings. The van der Waals surface area contributed by atoms with Gasteiger partial charge in [0.2, 0.25) is 0 Å². The van der Waals surface area contributed by atoms with Gasteiger partial charge in [0.05, 0.1) is 24.8 Å². The van der Waals surface area contributed by atoms with Crippen LogP contribution in [-0.2, 0) is 16.2 Å². The zero-order chi connectivity index (χ0) is 25.3. The molecule has 34 heavy (non-hydrogen) atoms. The summed E-state index contributed by atoms with van der Waals surface area (Å²) in [7, 11) is 1.40. The molecule has 1 aromatic carbocycles. The SMILES string of the molecule is COc1ccccc1Cn1cc([N+](=O)[O-])cc(C(=O)N(CCO[N+](=O)[O-])CCO[N+](=O)[O-])c1=O. The smallest absolute Gasteiger partial charge is 0.294 e. The Kier molecular flexibility index (Phi) is 8.81. The highest BCUT2D eigenvalue weighted by Crippen LogP contribution is 2.19. The number of para-hydroxylation sites is 1. The molecule has 0 bridgehead atoms. The van der Waals surface area contributed by atoms with Crippen molar-refractivity contribution in [3.05, 3.63) is 88.4 Å². The molecular weight excluding hydrogens is 462 g/mol. The molecule has 16 nitrogen and oxygen atoms in total. The van der Waals surface area contributed by atoms with Crippen LogP contribution in [-0.4, -0.2) is 63.9 Å². The molecule has 0 N–H and O–H groups in total. The van der Waals surface area contributed by atoms with Gasteiger partial charge in [0.25, 0.3) is 27.3 Å². The van der Waals surface area contributed by atoms with Crippen LogP contribution in [0.2, 0.25) is 0 Å². The minimum atomic E-state index is -1.11. The predicted octanol–water partition coefficient (Wildman–Crippen LogP) is 0.672. The van der Waals surface area contributed by atoms with Crippen molar-refractivity contribution in [2.45, 2.75) is 6.54 Å². The van der Waals surface area contributed by atoms with Crippen LogP contribution in [0, 0.1) is 30.3 Å². The molecule has 0 spiro atoms. The van der Waals surface area contributed by atoms with E-state index in [1.54, 1.807) is 24.3 Å². The first kappa shape index (κ1) is 25.5. The lowest BCUT2D eigenvalue weighted by atomic mass is 10.1. The minimum Gasteiger partial charge on any atom is -0.496 e. The molecule has 2 aromatic rings. The van der Waals surface area contributed by atoms with E-state index in [0.29, 0.717) is 11.3 Å². The molecule has 0 saturated carbocycles. The molecular formula is C18H19N5O11. The maximum Gasteiger partial charge on any atom is 0.294 e. The van der Waals surface area contributed by atoms with Gasteiger partial charge in [-0.25, -0.2) is 0 Å². The van der Waals surface area contributed by atoms with Gasteiger partial charge in [-0.3, -0.25) is 19.7 Å². The fourth-order valence-electron chi connectivity index (χ4n) is 2.94. The number of aromatic nitrogens is 1. The van der Waals surface area contributed by atoms with Crippen LogP contribution in [0.15, 0.2) is 41.3 Å². The Morgan fingerprint density at radius 1 is 1.03 bits per heavy atom. The van der Waals surface area contributed by atoms with E-state index in [0.717, 1.165) is 21.7 Å². The van der Waals surface area contributed by atoms with Crippen molar-refractivity contribution in [3.8, 4) is 5.75 Å². The molecule has 2 rings (SSSR count). The molecule has 0 aliphatic carbocycles. The second-order valence-electron chi connectivity index (χ2n) is 6.52. The van der Waals surface area contributed by atoms with Gasteiger partial charge in [-0.15, -0.1) is 20.2 Å². The van der Waals surface area contributed by atoms with Gasteiger partial charge in [0, 0.05) is 24.7 Å². The number of amides is 1. The Bertz CT molecular complexity index is 1110. The Hall–Kier alpha value is -4.76. The zero-order valence-electron chi connectivity index (χ0n) is 17.7. The molecule has 1 heterocycles. The maximum atomic E-state index is 13.0. The Labute approximate surface area is 190 Å². The van der Waals surface area contributed by atoms with Crippen molar-refractivity contribution >= 4 is 11.6 Å². The van der Waals surface area contributed by atoms with Gasteiger partial charge in [-0.05, 0) is 6.07 Å². The first-order valence-electron chi connectivity index (χ1n) is 9.48. The molecule has 0 fully saturated rings. The van der Waals surface area contributed by atoms with Crippen LogP contribution >= 0.6 is 0 Å². The molecule has 0 unspecified atom stereocenters. The second-order valence-corrected chi connectivity index (χ2v) is 6.52. The number of hydrogen-bond acceptors (Lipinski definition) is 11. The fourth-order valence-corrected chi connectivity index (χ4v) is 2.94. The van der Waals surface area contributed by atoms with Gasteiger partial charge < -0.3 is 23.9 Å². The first-order chi connectivity index (χ1) is 16.1. The van der Waals surface area contributed by atoms with Crippen molar-refractivity contribution in [1.82, 2.24) is 9.47 Å². The monoisotopic (exact) mass is 481 g/mol. The summed E-state index contributed by atoms with van der Waals surface area (Å²) >= 11 is 0. The van der Waals surface area contributed by atoms with Crippen LogP contribution in [0.4, 0.5) is 5.69 Å². The van der Waals surface area contributed by atoms with Crippen LogP contribution < -0.4 is 10.3 Å². The molecule has 1 amide bonds. The number of rotatable bonds is 13. The molecule has 16 heteroatoms. The summed E-state index contributed by atoms with van der Waals surface area (Å²) in [4.78, 5) is 66.6. The average molecular weight is 481 g/mol.